The number of aromatic nitrogens is 1. The monoisotopic (exact) mass is 521 g/mol. The maximum absolute atomic E-state index is 12.9. The number of aromatic carboxylic acids is 1. The number of rotatable bonds is 7. The number of carboxylic acid groups (broad SMARTS) is 1. The summed E-state index contributed by atoms with van der Waals surface area (Å²) < 4.78 is 3.21. The van der Waals surface area contributed by atoms with E-state index in [9.17, 15) is 19.5 Å². The van der Waals surface area contributed by atoms with Crippen LogP contribution in [0.25, 0.3) is 22.2 Å². The fourth-order valence-electron chi connectivity index (χ4n) is 4.97. The van der Waals surface area contributed by atoms with Crippen LogP contribution in [0, 0.1) is 0 Å². The molecule has 3 aromatic rings. The number of likely N-dealkylation sites (N-methyl/N-ethyl adjacent to an activating group) is 1. The molecule has 1 fully saturated rings. The van der Waals surface area contributed by atoms with Gasteiger partial charge in [-0.3, -0.25) is 0 Å². The van der Waals surface area contributed by atoms with E-state index in [2.05, 4.69) is 6.07 Å². The molecule has 6 nitrogen and oxygen atoms in total. The van der Waals surface area contributed by atoms with Crippen LogP contribution < -0.4 is 4.35 Å². The Bertz CT molecular complexity index is 1250. The molecule has 0 spiro atoms. The molecule has 1 saturated carbocycles. The molecule has 0 aliphatic heterocycles. The van der Waals surface area contributed by atoms with Gasteiger partial charge in [0.2, 0.25) is 0 Å². The summed E-state index contributed by atoms with van der Waals surface area (Å²) >= 11 is -0.582. The summed E-state index contributed by atoms with van der Waals surface area (Å²) in [6.07, 6.45) is 5.71. The predicted molar refractivity (Wildman–Crippen MR) is 135 cm³/mol. The van der Waals surface area contributed by atoms with Crippen molar-refractivity contribution in [3.05, 3.63) is 53.6 Å². The van der Waals surface area contributed by atoms with Crippen molar-refractivity contribution >= 4 is 47.5 Å². The van der Waals surface area contributed by atoms with Crippen molar-refractivity contribution in [2.45, 2.75) is 51.5 Å². The second-order valence-corrected chi connectivity index (χ2v) is 12.1. The van der Waals surface area contributed by atoms with Gasteiger partial charge in [0, 0.05) is 0 Å². The van der Waals surface area contributed by atoms with Gasteiger partial charge in [-0.15, -0.1) is 0 Å². The van der Waals surface area contributed by atoms with Crippen LogP contribution in [-0.2, 0) is 16.1 Å². The maximum atomic E-state index is 12.9. The topological polar surface area (TPSA) is 79.6 Å². The number of amides is 1. The molecule has 0 atom stereocenters. The molecule has 2 aromatic carbocycles. The molecule has 1 amide bonds. The van der Waals surface area contributed by atoms with E-state index in [1.807, 2.05) is 28.8 Å². The number of fused-ring (bicyclic) bond motifs is 1. The summed E-state index contributed by atoms with van der Waals surface area (Å²) in [5.74, 6) is -0.690. The number of carbonyl (C=O) groups is 3. The van der Waals surface area contributed by atoms with Crippen molar-refractivity contribution in [3.63, 3.8) is 0 Å². The Kier molecular flexibility index (Phi) is 7.27. The summed E-state index contributed by atoms with van der Waals surface area (Å²) in [6, 6.07) is 13.4. The number of carboxylic acids is 1. The van der Waals surface area contributed by atoms with E-state index in [1.165, 1.54) is 12.0 Å². The van der Waals surface area contributed by atoms with Crippen LogP contribution in [0.5, 0.6) is 0 Å². The van der Waals surface area contributed by atoms with Crippen molar-refractivity contribution in [1.29, 1.82) is 0 Å². The van der Waals surface area contributed by atoms with E-state index >= 15 is 0 Å². The Hall–Kier alpha value is -2.85. The predicted octanol–water partition coefficient (Wildman–Crippen LogP) is 4.02. The number of hydrogen-bond donors (Lipinski definition) is 1. The zero-order valence-electron chi connectivity index (χ0n) is 19.9. The summed E-state index contributed by atoms with van der Waals surface area (Å²) in [5, 5.41) is 10.7. The van der Waals surface area contributed by atoms with Crippen LogP contribution in [0.15, 0.2) is 42.5 Å². The molecule has 1 aromatic heterocycles. The molecule has 34 heavy (non-hydrogen) atoms. The first-order chi connectivity index (χ1) is 16.3. The van der Waals surface area contributed by atoms with Gasteiger partial charge in [-0.25, -0.2) is 0 Å². The summed E-state index contributed by atoms with van der Waals surface area (Å²) in [7, 11) is 3.46. The van der Waals surface area contributed by atoms with Crippen molar-refractivity contribution in [2.24, 2.45) is 0 Å². The van der Waals surface area contributed by atoms with Crippen LogP contribution in [0.4, 0.5) is 0 Å². The van der Waals surface area contributed by atoms with Crippen LogP contribution in [0.2, 0.25) is 0 Å². The van der Waals surface area contributed by atoms with E-state index in [0.29, 0.717) is 5.92 Å². The molecule has 177 valence electrons. The molecule has 4 rings (SSSR count). The van der Waals surface area contributed by atoms with Gasteiger partial charge in [-0.1, -0.05) is 0 Å². The van der Waals surface area contributed by atoms with Gasteiger partial charge in [-0.05, 0) is 0 Å². The van der Waals surface area contributed by atoms with Gasteiger partial charge in [-0.2, -0.15) is 0 Å². The third kappa shape index (κ3) is 4.97. The molecule has 0 saturated heterocycles. The molecule has 1 radical (unpaired) electrons. The van der Waals surface area contributed by atoms with Crippen LogP contribution in [0.3, 0.4) is 0 Å². The van der Waals surface area contributed by atoms with Gasteiger partial charge >= 0.3 is 207 Å². The van der Waals surface area contributed by atoms with Gasteiger partial charge in [0.05, 0.1) is 0 Å². The second kappa shape index (κ2) is 10.2. The number of carbonyl (C=O) groups excluding carboxylic acids is 2. The van der Waals surface area contributed by atoms with Crippen LogP contribution >= 0.6 is 0 Å². The first-order valence-corrected chi connectivity index (χ1v) is 13.6. The number of nitrogens with zero attached hydrogens (tertiary/aromatic N) is 2. The molecule has 7 heteroatoms. The zero-order chi connectivity index (χ0) is 24.4. The third-order valence-electron chi connectivity index (χ3n) is 6.56. The summed E-state index contributed by atoms with van der Waals surface area (Å²) in [5.41, 5.74) is 4.14. The number of hydrogen-bond acceptors (Lipinski definition) is 3. The number of benzene rings is 2. The molecule has 1 aliphatic rings. The SMILES string of the molecule is CC(=O)[As]c1cccc(-c2c(C3CCCCC3)c3ccc(C(=O)O)cc3n2CC(=O)N(C)C)c1. The fraction of sp³-hybridized carbons (Fsp3) is 0.370. The summed E-state index contributed by atoms with van der Waals surface area (Å²) in [6.45, 7) is 1.75. The molecule has 1 aliphatic carbocycles. The minimum atomic E-state index is -0.984. The Morgan fingerprint density at radius 1 is 1.06 bits per heavy atom. The zero-order valence-corrected chi connectivity index (χ0v) is 21.8. The third-order valence-corrected chi connectivity index (χ3v) is 8.35. The molecule has 1 N–H and O–H groups in total. The second-order valence-electron chi connectivity index (χ2n) is 9.19. The van der Waals surface area contributed by atoms with E-state index in [0.717, 1.165) is 52.2 Å². The Balaban J connectivity index is 2.02. The van der Waals surface area contributed by atoms with Crippen LogP contribution in [-0.4, -0.2) is 60.9 Å². The minimum absolute atomic E-state index is 0.0553. The molecular weight excluding hydrogens is 491 g/mol. The van der Waals surface area contributed by atoms with Crippen molar-refractivity contribution < 1.29 is 19.5 Å². The fourth-order valence-corrected chi connectivity index (χ4v) is 6.50. The molecule has 0 bridgehead atoms. The molecule has 0 unspecified atom stereocenters. The molecule has 1 heterocycles. The van der Waals surface area contributed by atoms with Crippen molar-refractivity contribution in [2.75, 3.05) is 14.1 Å². The summed E-state index contributed by atoms with van der Waals surface area (Å²) in [4.78, 5) is 38.1. The van der Waals surface area contributed by atoms with E-state index < -0.39 is 21.7 Å². The van der Waals surface area contributed by atoms with Gasteiger partial charge in [0.1, 0.15) is 0 Å². The molecular formula is C27H30AsN2O4. The average Bonchev–Trinajstić information content (AvgIpc) is 3.12. The Labute approximate surface area is 206 Å². The van der Waals surface area contributed by atoms with Crippen LogP contribution in [0.1, 0.15) is 60.9 Å². The Morgan fingerprint density at radius 2 is 1.79 bits per heavy atom. The van der Waals surface area contributed by atoms with Gasteiger partial charge in [0.15, 0.2) is 0 Å². The average molecular weight is 521 g/mol. The first kappa shape index (κ1) is 24.3. The van der Waals surface area contributed by atoms with Gasteiger partial charge in [0.25, 0.3) is 0 Å². The first-order valence-electron chi connectivity index (χ1n) is 11.7. The Morgan fingerprint density at radius 3 is 2.44 bits per heavy atom. The van der Waals surface area contributed by atoms with Crippen molar-refractivity contribution in [3.8, 4) is 11.3 Å². The van der Waals surface area contributed by atoms with Crippen molar-refractivity contribution in [1.82, 2.24) is 9.47 Å². The van der Waals surface area contributed by atoms with E-state index in [4.69, 9.17) is 0 Å². The van der Waals surface area contributed by atoms with Gasteiger partial charge < -0.3 is 0 Å². The normalized spacial score (nSPS) is 14.7. The standard InChI is InChI=1S/C27H30AsN2O4/c1-17(31)28-21-11-7-10-19(14-21)26-25(18-8-5-4-6-9-18)22-13-12-20(27(33)34)15-23(22)30(26)16-24(32)29(2)3/h7,10-15,18H,4-6,8-9,16H2,1-3H3,(H,33,34). The quantitative estimate of drug-likeness (QED) is 0.477. The van der Waals surface area contributed by atoms with E-state index in [-0.39, 0.29) is 22.6 Å². The van der Waals surface area contributed by atoms with E-state index in [1.54, 1.807) is 38.1 Å².